The van der Waals surface area contributed by atoms with E-state index < -0.39 is 4.92 Å². The van der Waals surface area contributed by atoms with E-state index in [2.05, 4.69) is 4.90 Å². The molecule has 2 aromatic carbocycles. The Morgan fingerprint density at radius 3 is 2.42 bits per heavy atom. The number of nitrogens with zero attached hydrogens (tertiary/aromatic N) is 3. The Balaban J connectivity index is 1.71. The van der Waals surface area contributed by atoms with E-state index >= 15 is 0 Å². The average Bonchev–Trinajstić information content (AvgIpc) is 2.68. The number of carbonyl (C=O) groups is 1. The topological polar surface area (TPSA) is 75.9 Å². The molecule has 0 bridgehead atoms. The van der Waals surface area contributed by atoms with E-state index in [1.165, 1.54) is 12.1 Å². The van der Waals surface area contributed by atoms with Crippen LogP contribution >= 0.6 is 0 Å². The van der Waals surface area contributed by atoms with E-state index in [0.29, 0.717) is 32.8 Å². The molecule has 1 heterocycles. The van der Waals surface area contributed by atoms with Gasteiger partial charge in [-0.25, -0.2) is 0 Å². The first-order valence-electron chi connectivity index (χ1n) is 8.61. The molecule has 26 heavy (non-hydrogen) atoms. The van der Waals surface area contributed by atoms with Gasteiger partial charge < -0.3 is 14.5 Å². The number of piperazine rings is 1. The van der Waals surface area contributed by atoms with Crippen LogP contribution in [0.15, 0.2) is 48.5 Å². The lowest BCUT2D eigenvalue weighted by atomic mass is 10.1. The molecule has 0 atom stereocenters. The predicted octanol–water partition coefficient (Wildman–Crippen LogP) is 2.96. The van der Waals surface area contributed by atoms with Gasteiger partial charge in [0.15, 0.2) is 0 Å². The van der Waals surface area contributed by atoms with Gasteiger partial charge in [0.05, 0.1) is 17.2 Å². The lowest BCUT2D eigenvalue weighted by Gasteiger charge is -2.36. The van der Waals surface area contributed by atoms with Gasteiger partial charge in [-0.05, 0) is 25.1 Å². The average molecular weight is 355 g/mol. The van der Waals surface area contributed by atoms with Crippen LogP contribution in [0.1, 0.15) is 17.3 Å². The number of rotatable bonds is 5. The fourth-order valence-electron chi connectivity index (χ4n) is 3.13. The third-order valence-electron chi connectivity index (χ3n) is 4.40. The first-order valence-corrected chi connectivity index (χ1v) is 8.61. The summed E-state index contributed by atoms with van der Waals surface area (Å²) in [6.07, 6.45) is 0. The van der Waals surface area contributed by atoms with Crippen molar-refractivity contribution in [2.24, 2.45) is 0 Å². The van der Waals surface area contributed by atoms with Gasteiger partial charge in [0.25, 0.3) is 11.6 Å². The number of carbonyl (C=O) groups excluding carboxylic acids is 1. The second-order valence-corrected chi connectivity index (χ2v) is 5.95. The number of benzene rings is 2. The SMILES string of the molecule is CCOc1ccccc1N1CCN(C(=O)c2ccccc2[N+](=O)[O-])CC1. The highest BCUT2D eigenvalue weighted by atomic mass is 16.6. The van der Waals surface area contributed by atoms with Gasteiger partial charge in [0.2, 0.25) is 0 Å². The normalized spacial score (nSPS) is 14.2. The predicted molar refractivity (Wildman–Crippen MR) is 98.8 cm³/mol. The smallest absolute Gasteiger partial charge is 0.282 e. The van der Waals surface area contributed by atoms with E-state index in [1.54, 1.807) is 17.0 Å². The highest BCUT2D eigenvalue weighted by Crippen LogP contribution is 2.29. The van der Waals surface area contributed by atoms with Crippen molar-refractivity contribution < 1.29 is 14.5 Å². The van der Waals surface area contributed by atoms with E-state index in [9.17, 15) is 14.9 Å². The molecule has 0 unspecified atom stereocenters. The third-order valence-corrected chi connectivity index (χ3v) is 4.40. The van der Waals surface area contributed by atoms with Gasteiger partial charge in [-0.2, -0.15) is 0 Å². The molecule has 1 aliphatic rings. The van der Waals surface area contributed by atoms with Crippen molar-refractivity contribution in [3.63, 3.8) is 0 Å². The van der Waals surface area contributed by atoms with Crippen LogP contribution in [0, 0.1) is 10.1 Å². The summed E-state index contributed by atoms with van der Waals surface area (Å²) in [5, 5.41) is 11.2. The number of hydrogen-bond donors (Lipinski definition) is 0. The van der Waals surface area contributed by atoms with Crippen molar-refractivity contribution in [3.05, 3.63) is 64.2 Å². The molecule has 3 rings (SSSR count). The van der Waals surface area contributed by atoms with Crippen molar-refractivity contribution in [1.29, 1.82) is 0 Å². The van der Waals surface area contributed by atoms with Crippen molar-refractivity contribution in [1.82, 2.24) is 4.90 Å². The van der Waals surface area contributed by atoms with Gasteiger partial charge in [-0.3, -0.25) is 14.9 Å². The Morgan fingerprint density at radius 1 is 1.08 bits per heavy atom. The molecule has 1 aliphatic heterocycles. The lowest BCUT2D eigenvalue weighted by Crippen LogP contribution is -2.49. The zero-order valence-electron chi connectivity index (χ0n) is 14.6. The number of amides is 1. The zero-order chi connectivity index (χ0) is 18.5. The molecule has 0 spiro atoms. The van der Waals surface area contributed by atoms with Gasteiger partial charge in [-0.1, -0.05) is 24.3 Å². The molecule has 0 radical (unpaired) electrons. The van der Waals surface area contributed by atoms with Crippen LogP contribution in [-0.2, 0) is 0 Å². The second kappa shape index (κ2) is 7.86. The molecule has 0 N–H and O–H groups in total. The number of hydrogen-bond acceptors (Lipinski definition) is 5. The Bertz CT molecular complexity index is 801. The van der Waals surface area contributed by atoms with E-state index in [1.807, 2.05) is 31.2 Å². The third kappa shape index (κ3) is 3.61. The maximum Gasteiger partial charge on any atom is 0.282 e. The number of anilines is 1. The van der Waals surface area contributed by atoms with Crippen LogP contribution in [0.25, 0.3) is 0 Å². The summed E-state index contributed by atoms with van der Waals surface area (Å²) < 4.78 is 5.68. The van der Waals surface area contributed by atoms with Crippen LogP contribution in [0.3, 0.4) is 0 Å². The summed E-state index contributed by atoms with van der Waals surface area (Å²) in [5.74, 6) is 0.531. The van der Waals surface area contributed by atoms with Gasteiger partial charge >= 0.3 is 0 Å². The molecule has 1 amide bonds. The summed E-state index contributed by atoms with van der Waals surface area (Å²) in [7, 11) is 0. The van der Waals surface area contributed by atoms with Gasteiger partial charge in [-0.15, -0.1) is 0 Å². The number of para-hydroxylation sites is 3. The Labute approximate surface area is 151 Å². The molecule has 1 fully saturated rings. The molecular formula is C19H21N3O4. The van der Waals surface area contributed by atoms with Crippen molar-refractivity contribution in [3.8, 4) is 5.75 Å². The highest BCUT2D eigenvalue weighted by molar-refractivity contribution is 5.98. The molecule has 0 aliphatic carbocycles. The molecule has 2 aromatic rings. The lowest BCUT2D eigenvalue weighted by molar-refractivity contribution is -0.385. The van der Waals surface area contributed by atoms with Crippen LogP contribution in [0.4, 0.5) is 11.4 Å². The molecule has 7 nitrogen and oxygen atoms in total. The Kier molecular flexibility index (Phi) is 5.36. The molecule has 136 valence electrons. The molecule has 7 heteroatoms. The van der Waals surface area contributed by atoms with Crippen molar-refractivity contribution in [2.45, 2.75) is 6.92 Å². The summed E-state index contributed by atoms with van der Waals surface area (Å²) in [6.45, 7) is 4.84. The van der Waals surface area contributed by atoms with Crippen LogP contribution in [0.5, 0.6) is 5.75 Å². The maximum atomic E-state index is 12.7. The number of ether oxygens (including phenoxy) is 1. The summed E-state index contributed by atoms with van der Waals surface area (Å²) in [5.41, 5.74) is 0.995. The minimum absolute atomic E-state index is 0.140. The first-order chi connectivity index (χ1) is 12.6. The van der Waals surface area contributed by atoms with Crippen LogP contribution in [0.2, 0.25) is 0 Å². The monoisotopic (exact) mass is 355 g/mol. The quantitative estimate of drug-likeness (QED) is 0.609. The largest absolute Gasteiger partial charge is 0.492 e. The number of nitro benzene ring substituents is 1. The van der Waals surface area contributed by atoms with Crippen LogP contribution < -0.4 is 9.64 Å². The van der Waals surface area contributed by atoms with E-state index in [0.717, 1.165) is 11.4 Å². The van der Waals surface area contributed by atoms with Gasteiger partial charge in [0, 0.05) is 32.2 Å². The second-order valence-electron chi connectivity index (χ2n) is 5.95. The first kappa shape index (κ1) is 17.7. The van der Waals surface area contributed by atoms with E-state index in [4.69, 9.17) is 4.74 Å². The minimum Gasteiger partial charge on any atom is -0.492 e. The molecule has 0 aromatic heterocycles. The van der Waals surface area contributed by atoms with Crippen molar-refractivity contribution in [2.75, 3.05) is 37.7 Å². The van der Waals surface area contributed by atoms with E-state index in [-0.39, 0.29) is 17.2 Å². The Morgan fingerprint density at radius 2 is 1.73 bits per heavy atom. The minimum atomic E-state index is -0.512. The van der Waals surface area contributed by atoms with Crippen molar-refractivity contribution >= 4 is 17.3 Å². The Hall–Kier alpha value is -3.09. The molecule has 0 saturated carbocycles. The fourth-order valence-corrected chi connectivity index (χ4v) is 3.13. The van der Waals surface area contributed by atoms with Gasteiger partial charge in [0.1, 0.15) is 11.3 Å². The van der Waals surface area contributed by atoms with Crippen LogP contribution in [-0.4, -0.2) is 48.5 Å². The summed E-state index contributed by atoms with van der Waals surface area (Å²) >= 11 is 0. The summed E-state index contributed by atoms with van der Waals surface area (Å²) in [4.78, 5) is 27.2. The number of nitro groups is 1. The summed E-state index contributed by atoms with van der Waals surface area (Å²) in [6, 6.07) is 13.9. The maximum absolute atomic E-state index is 12.7. The zero-order valence-corrected chi connectivity index (χ0v) is 14.6. The standard InChI is InChI=1S/C19H21N3O4/c1-2-26-18-10-6-5-9-17(18)20-11-13-21(14-12-20)19(23)15-7-3-4-8-16(15)22(24)25/h3-10H,2,11-14H2,1H3. The molecule has 1 saturated heterocycles. The fraction of sp³-hybridized carbons (Fsp3) is 0.316. The molecular weight excluding hydrogens is 334 g/mol. The highest BCUT2D eigenvalue weighted by Gasteiger charge is 2.27.